The van der Waals surface area contributed by atoms with Crippen LogP contribution in [0.3, 0.4) is 0 Å². The third-order valence-electron chi connectivity index (χ3n) is 6.91. The fraction of sp³-hybridized carbons (Fsp3) is 0.303. The quantitative estimate of drug-likeness (QED) is 0.131. The van der Waals surface area contributed by atoms with Crippen LogP contribution in [0.4, 0.5) is 5.69 Å². The molecule has 39 heavy (non-hydrogen) atoms. The first-order valence-electron chi connectivity index (χ1n) is 13.5. The first kappa shape index (κ1) is 26.2. The van der Waals surface area contributed by atoms with E-state index in [0.717, 1.165) is 23.9 Å². The Morgan fingerprint density at radius 3 is 2.69 bits per heavy atom. The number of carbonyl (C=O) groups is 1. The Hall–Kier alpha value is -4.37. The van der Waals surface area contributed by atoms with Crippen molar-refractivity contribution in [3.8, 4) is 17.6 Å². The van der Waals surface area contributed by atoms with Gasteiger partial charge in [-0.3, -0.25) is 4.98 Å². The summed E-state index contributed by atoms with van der Waals surface area (Å²) in [4.78, 5) is 21.8. The van der Waals surface area contributed by atoms with Crippen molar-refractivity contribution < 1.29 is 14.3 Å². The van der Waals surface area contributed by atoms with E-state index in [0.29, 0.717) is 31.0 Å². The molecule has 0 bridgehead atoms. The number of benzene rings is 2. The van der Waals surface area contributed by atoms with Crippen LogP contribution in [0.25, 0.3) is 10.9 Å². The highest BCUT2D eigenvalue weighted by Gasteiger charge is 2.18. The van der Waals surface area contributed by atoms with E-state index in [1.807, 2.05) is 30.3 Å². The highest BCUT2D eigenvalue weighted by atomic mass is 16.5. The molecule has 1 aliphatic rings. The Morgan fingerprint density at radius 2 is 1.85 bits per heavy atom. The summed E-state index contributed by atoms with van der Waals surface area (Å²) in [5.74, 6) is 6.12. The van der Waals surface area contributed by atoms with Gasteiger partial charge in [-0.2, -0.15) is 0 Å². The fourth-order valence-corrected chi connectivity index (χ4v) is 4.93. The van der Waals surface area contributed by atoms with Crippen molar-refractivity contribution in [3.05, 3.63) is 94.4 Å². The van der Waals surface area contributed by atoms with Gasteiger partial charge in [0.25, 0.3) is 0 Å². The van der Waals surface area contributed by atoms with Gasteiger partial charge in [-0.25, -0.2) is 9.78 Å². The van der Waals surface area contributed by atoms with E-state index in [1.54, 1.807) is 12.1 Å². The van der Waals surface area contributed by atoms with Gasteiger partial charge in [-0.15, -0.1) is 0 Å². The smallest absolute Gasteiger partial charge is 0.360 e. The van der Waals surface area contributed by atoms with E-state index in [4.69, 9.17) is 14.5 Å². The van der Waals surface area contributed by atoms with Crippen molar-refractivity contribution in [3.63, 3.8) is 0 Å². The summed E-state index contributed by atoms with van der Waals surface area (Å²) in [6, 6.07) is 19.7. The van der Waals surface area contributed by atoms with E-state index in [-0.39, 0.29) is 5.69 Å². The largest absolute Gasteiger partial charge is 0.486 e. The Labute approximate surface area is 229 Å². The summed E-state index contributed by atoms with van der Waals surface area (Å²) in [7, 11) is 1.33. The van der Waals surface area contributed by atoms with Crippen molar-refractivity contribution in [2.24, 2.45) is 0 Å². The minimum atomic E-state index is -0.552. The lowest BCUT2D eigenvalue weighted by Crippen LogP contribution is -2.09. The lowest BCUT2D eigenvalue weighted by Gasteiger charge is -2.17. The summed E-state index contributed by atoms with van der Waals surface area (Å²) in [5.41, 5.74) is 7.68. The molecule has 6 heteroatoms. The molecule has 0 saturated carbocycles. The molecule has 198 valence electrons. The maximum absolute atomic E-state index is 12.4. The molecule has 0 spiro atoms. The molecular weight excluding hydrogens is 486 g/mol. The van der Waals surface area contributed by atoms with Crippen LogP contribution < -0.4 is 10.1 Å². The summed E-state index contributed by atoms with van der Waals surface area (Å²) >= 11 is 0. The van der Waals surface area contributed by atoms with Gasteiger partial charge in [0.05, 0.1) is 12.6 Å². The molecule has 0 aliphatic heterocycles. The van der Waals surface area contributed by atoms with Crippen LogP contribution in [0.1, 0.15) is 64.2 Å². The van der Waals surface area contributed by atoms with Crippen molar-refractivity contribution in [2.45, 2.75) is 52.1 Å². The molecule has 0 fully saturated rings. The Bertz CT molecular complexity index is 1540. The summed E-state index contributed by atoms with van der Waals surface area (Å²) in [5, 5.41) is 4.86. The van der Waals surface area contributed by atoms with Crippen molar-refractivity contribution >= 4 is 22.6 Å². The Kier molecular flexibility index (Phi) is 8.38. The third kappa shape index (κ3) is 6.38. The molecule has 4 aromatic rings. The zero-order valence-corrected chi connectivity index (χ0v) is 22.5. The van der Waals surface area contributed by atoms with Crippen LogP contribution in [0.2, 0.25) is 0 Å². The van der Waals surface area contributed by atoms with E-state index < -0.39 is 5.97 Å². The predicted octanol–water partition coefficient (Wildman–Crippen LogP) is 6.43. The molecule has 2 aromatic carbocycles. The van der Waals surface area contributed by atoms with Gasteiger partial charge in [0, 0.05) is 29.7 Å². The van der Waals surface area contributed by atoms with Crippen LogP contribution in [-0.2, 0) is 24.2 Å². The van der Waals surface area contributed by atoms with Crippen LogP contribution in [0.5, 0.6) is 5.75 Å². The molecule has 0 amide bonds. The maximum atomic E-state index is 12.4. The highest BCUT2D eigenvalue weighted by Crippen LogP contribution is 2.33. The fourth-order valence-electron chi connectivity index (χ4n) is 4.93. The van der Waals surface area contributed by atoms with Crippen molar-refractivity contribution in [2.75, 3.05) is 19.0 Å². The van der Waals surface area contributed by atoms with Gasteiger partial charge in [0.15, 0.2) is 11.4 Å². The van der Waals surface area contributed by atoms with Crippen molar-refractivity contribution in [1.82, 2.24) is 9.97 Å². The Balaban J connectivity index is 1.30. The van der Waals surface area contributed by atoms with Gasteiger partial charge in [0.2, 0.25) is 0 Å². The molecular formula is C33H33N3O3. The summed E-state index contributed by atoms with van der Waals surface area (Å²) < 4.78 is 10.8. The monoisotopic (exact) mass is 519 g/mol. The van der Waals surface area contributed by atoms with Gasteiger partial charge < -0.3 is 14.8 Å². The molecule has 1 N–H and O–H groups in total. The standard InChI is InChI=1S/C33H33N3O3/c1-23-16-18-29-27(21-23)31(26-14-7-4-8-15-28(26)36-29)34-20-10-9-13-25-17-19-30(32(35-25)33(37)38-2)39-22-24-11-5-3-6-12-24/h3,5-6,11-12,16-19,21H,4,7-8,10,14-15,20,22H2,1-2H3,(H,34,36). The second-order valence-corrected chi connectivity index (χ2v) is 9.78. The number of ether oxygens (including phenoxy) is 2. The number of pyridine rings is 2. The number of esters is 1. The lowest BCUT2D eigenvalue weighted by molar-refractivity contribution is 0.0588. The molecule has 0 atom stereocenters. The third-order valence-corrected chi connectivity index (χ3v) is 6.91. The molecule has 6 nitrogen and oxygen atoms in total. The second-order valence-electron chi connectivity index (χ2n) is 9.78. The SMILES string of the molecule is COC(=O)c1nc(C#CCCNc2c3c(nc4ccc(C)cc24)CCCCC3)ccc1OCc1ccccc1. The number of hydrogen-bond donors (Lipinski definition) is 1. The Morgan fingerprint density at radius 1 is 1.00 bits per heavy atom. The average molecular weight is 520 g/mol. The number of nitrogens with zero attached hydrogens (tertiary/aromatic N) is 2. The minimum absolute atomic E-state index is 0.125. The number of aromatic nitrogens is 2. The van der Waals surface area contributed by atoms with Crippen molar-refractivity contribution in [1.29, 1.82) is 0 Å². The normalized spacial score (nSPS) is 12.6. The maximum Gasteiger partial charge on any atom is 0.360 e. The zero-order chi connectivity index (χ0) is 27.0. The number of nitrogens with one attached hydrogen (secondary N) is 1. The first-order valence-corrected chi connectivity index (χ1v) is 13.5. The number of anilines is 1. The van der Waals surface area contributed by atoms with Gasteiger partial charge in [-0.1, -0.05) is 54.3 Å². The molecule has 0 saturated heterocycles. The predicted molar refractivity (Wildman–Crippen MR) is 154 cm³/mol. The number of fused-ring (bicyclic) bond motifs is 2. The van der Waals surface area contributed by atoms with E-state index in [1.165, 1.54) is 54.3 Å². The summed E-state index contributed by atoms with van der Waals surface area (Å²) in [6.07, 6.45) is 6.35. The number of carbonyl (C=O) groups excluding carboxylic acids is 1. The van der Waals surface area contributed by atoms with E-state index in [2.05, 4.69) is 47.3 Å². The van der Waals surface area contributed by atoms with Crippen LogP contribution in [-0.4, -0.2) is 29.6 Å². The van der Waals surface area contributed by atoms with Gasteiger partial charge >= 0.3 is 5.97 Å². The molecule has 0 unspecified atom stereocenters. The first-order chi connectivity index (χ1) is 19.1. The molecule has 5 rings (SSSR count). The summed E-state index contributed by atoms with van der Waals surface area (Å²) in [6.45, 7) is 3.15. The molecule has 0 radical (unpaired) electrons. The lowest BCUT2D eigenvalue weighted by atomic mass is 10.0. The topological polar surface area (TPSA) is 73.3 Å². The number of aryl methyl sites for hydroxylation is 2. The minimum Gasteiger partial charge on any atom is -0.486 e. The second kappa shape index (κ2) is 12.4. The number of methoxy groups -OCH3 is 1. The molecule has 2 aromatic heterocycles. The number of hydrogen-bond acceptors (Lipinski definition) is 6. The van der Waals surface area contributed by atoms with Gasteiger partial charge in [0.1, 0.15) is 12.3 Å². The number of rotatable bonds is 7. The molecule has 1 aliphatic carbocycles. The average Bonchev–Trinajstić information content (AvgIpc) is 3.21. The van der Waals surface area contributed by atoms with E-state index >= 15 is 0 Å². The molecule has 2 heterocycles. The zero-order valence-electron chi connectivity index (χ0n) is 22.5. The highest BCUT2D eigenvalue weighted by molar-refractivity contribution is 5.94. The van der Waals surface area contributed by atoms with E-state index in [9.17, 15) is 4.79 Å². The van der Waals surface area contributed by atoms with Gasteiger partial charge in [-0.05, 0) is 73.9 Å². The van der Waals surface area contributed by atoms with Crippen LogP contribution in [0.15, 0.2) is 60.7 Å². The van der Waals surface area contributed by atoms with Crippen LogP contribution >= 0.6 is 0 Å². The van der Waals surface area contributed by atoms with Crippen LogP contribution in [0, 0.1) is 18.8 Å².